The lowest BCUT2D eigenvalue weighted by Gasteiger charge is -2.10. The molecule has 0 aromatic heterocycles. The molecule has 0 saturated heterocycles. The van der Waals surface area contributed by atoms with E-state index in [9.17, 15) is 0 Å². The van der Waals surface area contributed by atoms with Gasteiger partial charge in [-0.15, -0.1) is 0 Å². The Morgan fingerprint density at radius 2 is 1.40 bits per heavy atom. The van der Waals surface area contributed by atoms with E-state index in [-0.39, 0.29) is 0 Å². The maximum absolute atomic E-state index is 7.77. The fourth-order valence-electron chi connectivity index (χ4n) is 2.41. The molecular formula is C12H19N3. The van der Waals surface area contributed by atoms with E-state index < -0.39 is 0 Å². The molecule has 0 atom stereocenters. The standard InChI is InChI=1S/C12H19N3/c13-11-9-7-5-3-1-2-4-6-8-10(9)12(14)15-11/h1-8H2,(H3,13,14,15). The Hall–Kier alpha value is -1.12. The Balaban J connectivity index is 2.16. The first-order valence-electron chi connectivity index (χ1n) is 5.94. The molecule has 2 rings (SSSR count). The van der Waals surface area contributed by atoms with Crippen molar-refractivity contribution >= 4 is 11.7 Å². The summed E-state index contributed by atoms with van der Waals surface area (Å²) in [7, 11) is 0. The zero-order valence-corrected chi connectivity index (χ0v) is 9.18. The van der Waals surface area contributed by atoms with Crippen LogP contribution in [0.5, 0.6) is 0 Å². The zero-order chi connectivity index (χ0) is 10.7. The summed E-state index contributed by atoms with van der Waals surface area (Å²) < 4.78 is 0. The fraction of sp³-hybridized carbons (Fsp3) is 0.667. The molecule has 3 nitrogen and oxygen atoms in total. The van der Waals surface area contributed by atoms with Gasteiger partial charge in [0, 0.05) is 11.1 Å². The van der Waals surface area contributed by atoms with Crippen LogP contribution in [0.2, 0.25) is 0 Å². The highest BCUT2D eigenvalue weighted by atomic mass is 14.9. The van der Waals surface area contributed by atoms with Crippen LogP contribution < -0.4 is 5.73 Å². The summed E-state index contributed by atoms with van der Waals surface area (Å²) in [6.45, 7) is 0. The number of amidine groups is 2. The number of nitrogens with one attached hydrogen (secondary N) is 1. The van der Waals surface area contributed by atoms with Crippen LogP contribution in [0.4, 0.5) is 0 Å². The van der Waals surface area contributed by atoms with Gasteiger partial charge in [-0.1, -0.05) is 25.7 Å². The molecule has 82 valence electrons. The van der Waals surface area contributed by atoms with Crippen LogP contribution in [-0.4, -0.2) is 11.7 Å². The van der Waals surface area contributed by atoms with Crippen molar-refractivity contribution in [2.75, 3.05) is 0 Å². The van der Waals surface area contributed by atoms with E-state index in [4.69, 9.17) is 11.1 Å². The third kappa shape index (κ3) is 2.28. The van der Waals surface area contributed by atoms with Crippen LogP contribution in [0, 0.1) is 5.41 Å². The van der Waals surface area contributed by atoms with E-state index in [0.717, 1.165) is 18.4 Å². The van der Waals surface area contributed by atoms with Crippen molar-refractivity contribution in [1.82, 2.24) is 0 Å². The zero-order valence-electron chi connectivity index (χ0n) is 9.18. The van der Waals surface area contributed by atoms with E-state index in [2.05, 4.69) is 4.99 Å². The van der Waals surface area contributed by atoms with Gasteiger partial charge in [-0.3, -0.25) is 5.41 Å². The minimum atomic E-state index is 0.420. The molecule has 0 aromatic carbocycles. The quantitative estimate of drug-likeness (QED) is 0.627. The molecule has 1 heterocycles. The molecule has 0 amide bonds. The summed E-state index contributed by atoms with van der Waals surface area (Å²) >= 11 is 0. The van der Waals surface area contributed by atoms with Crippen LogP contribution >= 0.6 is 0 Å². The van der Waals surface area contributed by atoms with Crippen molar-refractivity contribution in [2.45, 2.75) is 51.4 Å². The van der Waals surface area contributed by atoms with Crippen molar-refractivity contribution < 1.29 is 0 Å². The predicted molar refractivity (Wildman–Crippen MR) is 63.3 cm³/mol. The predicted octanol–water partition coefficient (Wildman–Crippen LogP) is 2.77. The summed E-state index contributed by atoms with van der Waals surface area (Å²) in [4.78, 5) is 4.08. The summed E-state index contributed by atoms with van der Waals surface area (Å²) in [6, 6.07) is 0. The average molecular weight is 205 g/mol. The maximum Gasteiger partial charge on any atom is 0.150 e. The van der Waals surface area contributed by atoms with Gasteiger partial charge in [0.15, 0.2) is 5.84 Å². The Morgan fingerprint density at radius 1 is 0.867 bits per heavy atom. The minimum Gasteiger partial charge on any atom is -0.383 e. The second-order valence-corrected chi connectivity index (χ2v) is 4.42. The van der Waals surface area contributed by atoms with Crippen molar-refractivity contribution in [3.05, 3.63) is 11.1 Å². The molecule has 0 fully saturated rings. The fourth-order valence-corrected chi connectivity index (χ4v) is 2.41. The Morgan fingerprint density at radius 3 is 2.07 bits per heavy atom. The van der Waals surface area contributed by atoms with Gasteiger partial charge in [-0.2, -0.15) is 0 Å². The molecule has 2 aliphatic rings. The van der Waals surface area contributed by atoms with Gasteiger partial charge in [0.05, 0.1) is 0 Å². The van der Waals surface area contributed by atoms with Crippen LogP contribution in [-0.2, 0) is 0 Å². The van der Waals surface area contributed by atoms with Gasteiger partial charge >= 0.3 is 0 Å². The van der Waals surface area contributed by atoms with Crippen molar-refractivity contribution in [2.24, 2.45) is 10.7 Å². The number of rotatable bonds is 0. The Kier molecular flexibility index (Phi) is 3.19. The summed E-state index contributed by atoms with van der Waals surface area (Å²) in [6.07, 6.45) is 9.66. The van der Waals surface area contributed by atoms with E-state index in [0.29, 0.717) is 11.7 Å². The second-order valence-electron chi connectivity index (χ2n) is 4.42. The monoisotopic (exact) mass is 205 g/mol. The molecule has 1 aliphatic carbocycles. The number of nitrogens with zero attached hydrogens (tertiary/aromatic N) is 1. The van der Waals surface area contributed by atoms with Gasteiger partial charge in [0.2, 0.25) is 0 Å². The largest absolute Gasteiger partial charge is 0.383 e. The summed E-state index contributed by atoms with van der Waals surface area (Å²) in [5.74, 6) is 1.03. The van der Waals surface area contributed by atoms with Crippen molar-refractivity contribution in [3.8, 4) is 0 Å². The summed E-state index contributed by atoms with van der Waals surface area (Å²) in [5, 5.41) is 7.77. The summed E-state index contributed by atoms with van der Waals surface area (Å²) in [5.41, 5.74) is 8.13. The van der Waals surface area contributed by atoms with Crippen molar-refractivity contribution in [3.63, 3.8) is 0 Å². The Labute approximate surface area is 91.0 Å². The van der Waals surface area contributed by atoms with E-state index in [1.54, 1.807) is 0 Å². The lowest BCUT2D eigenvalue weighted by Crippen LogP contribution is -2.12. The van der Waals surface area contributed by atoms with Gasteiger partial charge in [0.1, 0.15) is 5.84 Å². The first-order chi connectivity index (χ1) is 7.29. The third-order valence-electron chi connectivity index (χ3n) is 3.30. The number of nitrogens with two attached hydrogens (primary N) is 1. The van der Waals surface area contributed by atoms with Gasteiger partial charge in [0.25, 0.3) is 0 Å². The molecule has 0 aromatic rings. The molecule has 0 bridgehead atoms. The lowest BCUT2D eigenvalue weighted by atomic mass is 9.95. The average Bonchev–Trinajstić information content (AvgIpc) is 2.49. The van der Waals surface area contributed by atoms with Crippen LogP contribution in [0.15, 0.2) is 16.1 Å². The highest BCUT2D eigenvalue weighted by Crippen LogP contribution is 2.26. The SMILES string of the molecule is N=C1N=C(N)C2=C1CCCCCCCC2. The van der Waals surface area contributed by atoms with Crippen LogP contribution in [0.3, 0.4) is 0 Å². The van der Waals surface area contributed by atoms with E-state index >= 15 is 0 Å². The van der Waals surface area contributed by atoms with E-state index in [1.807, 2.05) is 0 Å². The maximum atomic E-state index is 7.77. The number of aliphatic imine (C=N–C) groups is 1. The smallest absolute Gasteiger partial charge is 0.150 e. The third-order valence-corrected chi connectivity index (χ3v) is 3.30. The first-order valence-corrected chi connectivity index (χ1v) is 5.94. The topological polar surface area (TPSA) is 62.2 Å². The molecule has 3 heteroatoms. The van der Waals surface area contributed by atoms with Crippen LogP contribution in [0.1, 0.15) is 51.4 Å². The molecule has 1 aliphatic heterocycles. The molecule has 0 spiro atoms. The first kappa shape index (κ1) is 10.4. The molecule has 0 radical (unpaired) electrons. The van der Waals surface area contributed by atoms with Gasteiger partial charge in [-0.05, 0) is 25.7 Å². The molecule has 15 heavy (non-hydrogen) atoms. The molecule has 0 saturated carbocycles. The molecule has 3 N–H and O–H groups in total. The number of hydrogen-bond acceptors (Lipinski definition) is 2. The van der Waals surface area contributed by atoms with Gasteiger partial charge < -0.3 is 5.73 Å². The van der Waals surface area contributed by atoms with E-state index in [1.165, 1.54) is 44.1 Å². The highest BCUT2D eigenvalue weighted by molar-refractivity contribution is 6.18. The van der Waals surface area contributed by atoms with Crippen molar-refractivity contribution in [1.29, 1.82) is 5.41 Å². The second kappa shape index (κ2) is 4.60. The highest BCUT2D eigenvalue weighted by Gasteiger charge is 2.21. The molecular weight excluding hydrogens is 186 g/mol. The number of hydrogen-bond donors (Lipinski definition) is 2. The lowest BCUT2D eigenvalue weighted by molar-refractivity contribution is 0.586. The van der Waals surface area contributed by atoms with Gasteiger partial charge in [-0.25, -0.2) is 4.99 Å². The normalized spacial score (nSPS) is 23.7. The minimum absolute atomic E-state index is 0.420. The molecule has 0 unspecified atom stereocenters. The Bertz CT molecular complexity index is 326. The van der Waals surface area contributed by atoms with Crippen LogP contribution in [0.25, 0.3) is 0 Å².